The molecule has 0 aliphatic heterocycles. The van der Waals surface area contributed by atoms with Crippen LogP contribution in [-0.4, -0.2) is 16.1 Å². The third-order valence-electron chi connectivity index (χ3n) is 8.10. The monoisotopic (exact) mass is 566 g/mol. The molecule has 2 heterocycles. The normalized spacial score (nSPS) is 12.6. The van der Waals surface area contributed by atoms with Crippen molar-refractivity contribution in [2.24, 2.45) is 0 Å². The highest BCUT2D eigenvalue weighted by Crippen LogP contribution is 2.42. The Bertz CT molecular complexity index is 1690. The fourth-order valence-electron chi connectivity index (χ4n) is 6.26. The fourth-order valence-corrected chi connectivity index (χ4v) is 13.6. The molecule has 4 heteroatoms. The van der Waals surface area contributed by atoms with Crippen LogP contribution in [0.15, 0.2) is 47.2 Å². The largest absolute Gasteiger partial charge is 0.146 e. The minimum atomic E-state index is -1.90. The smallest absolute Gasteiger partial charge is 0.144 e. The first-order valence-electron chi connectivity index (χ1n) is 13.8. The van der Waals surface area contributed by atoms with Crippen LogP contribution in [0.25, 0.3) is 41.7 Å². The lowest BCUT2D eigenvalue weighted by molar-refractivity contribution is 0.838. The molecule has 0 radical (unpaired) electrons. The second kappa shape index (κ2) is 10.00. The minimum Gasteiger partial charge on any atom is -0.144 e. The first kappa shape index (κ1) is 27.2. The lowest BCUT2D eigenvalue weighted by Crippen LogP contribution is -2.43. The van der Waals surface area contributed by atoms with Crippen molar-refractivity contribution < 1.29 is 0 Å². The van der Waals surface area contributed by atoms with Gasteiger partial charge < -0.3 is 0 Å². The van der Waals surface area contributed by atoms with Crippen molar-refractivity contribution in [3.63, 3.8) is 0 Å². The maximum atomic E-state index is 4.06. The Morgan fingerprint density at radius 3 is 1.37 bits per heavy atom. The number of rotatable bonds is 3. The van der Waals surface area contributed by atoms with E-state index in [1.54, 1.807) is 0 Å². The number of thiophene rings is 2. The van der Waals surface area contributed by atoms with Gasteiger partial charge in [0.2, 0.25) is 0 Å². The van der Waals surface area contributed by atoms with Crippen molar-refractivity contribution in [1.82, 2.24) is 0 Å². The lowest BCUT2D eigenvalue weighted by Gasteiger charge is -2.38. The van der Waals surface area contributed by atoms with Gasteiger partial charge in [0.1, 0.15) is 16.1 Å². The van der Waals surface area contributed by atoms with Crippen LogP contribution in [0, 0.1) is 22.9 Å². The number of hydrogen-bond donors (Lipinski definition) is 0. The summed E-state index contributed by atoms with van der Waals surface area (Å²) in [6.45, 7) is 21.4. The Balaban J connectivity index is 1.99. The number of hydrogen-bond acceptors (Lipinski definition) is 2. The molecule has 0 aliphatic carbocycles. The summed E-state index contributed by atoms with van der Waals surface area (Å²) < 4.78 is 2.64. The summed E-state index contributed by atoms with van der Waals surface area (Å²) in [6.07, 6.45) is 0. The Morgan fingerprint density at radius 2 is 0.974 bits per heavy atom. The Hall–Kier alpha value is -2.35. The third-order valence-corrected chi connectivity index (χ3v) is 17.0. The van der Waals surface area contributed by atoms with E-state index in [0.29, 0.717) is 16.6 Å². The molecule has 0 amide bonds. The van der Waals surface area contributed by atoms with Crippen LogP contribution in [0.2, 0.25) is 36.3 Å². The molecular formula is C34H38S2Si2. The average Bonchev–Trinajstić information content (AvgIpc) is 3.48. The molecule has 0 atom stereocenters. The highest BCUT2D eigenvalue weighted by molar-refractivity contribution is 7.17. The standard InChI is InChI=1S/C34H38S2Si2/c1-22(2)38(23(3)4,24(5)6)17-13-28-30-19-26-11-15-35-33(26)20-31(30)27(12-16-37(7,8)9)29-18-25-10-14-36-34(25)21-32(28)29/h10-11,14-15,18-24H,1-9H3. The van der Waals surface area contributed by atoms with E-state index in [4.69, 9.17) is 0 Å². The van der Waals surface area contributed by atoms with Crippen molar-refractivity contribution in [3.05, 3.63) is 58.3 Å². The zero-order valence-corrected chi connectivity index (χ0v) is 27.8. The van der Waals surface area contributed by atoms with Gasteiger partial charge in [0.25, 0.3) is 0 Å². The van der Waals surface area contributed by atoms with Gasteiger partial charge in [-0.15, -0.1) is 33.8 Å². The van der Waals surface area contributed by atoms with Crippen molar-refractivity contribution in [3.8, 4) is 22.9 Å². The van der Waals surface area contributed by atoms with Gasteiger partial charge in [-0.25, -0.2) is 0 Å². The summed E-state index contributed by atoms with van der Waals surface area (Å²) in [5.41, 5.74) is 11.9. The molecule has 0 unspecified atom stereocenters. The molecule has 194 valence electrons. The summed E-state index contributed by atoms with van der Waals surface area (Å²) in [4.78, 5) is 0. The van der Waals surface area contributed by atoms with Crippen LogP contribution in [-0.2, 0) is 0 Å². The van der Waals surface area contributed by atoms with Crippen LogP contribution in [0.4, 0.5) is 0 Å². The van der Waals surface area contributed by atoms with Gasteiger partial charge in [0.05, 0.1) is 0 Å². The summed E-state index contributed by atoms with van der Waals surface area (Å²) >= 11 is 3.63. The van der Waals surface area contributed by atoms with Gasteiger partial charge in [-0.2, -0.15) is 0 Å². The van der Waals surface area contributed by atoms with E-state index in [9.17, 15) is 0 Å². The average molecular weight is 567 g/mol. The summed E-state index contributed by atoms with van der Waals surface area (Å²) in [5, 5.41) is 12.0. The predicted molar refractivity (Wildman–Crippen MR) is 180 cm³/mol. The molecule has 0 bridgehead atoms. The molecule has 0 spiro atoms. The molecule has 38 heavy (non-hydrogen) atoms. The van der Waals surface area contributed by atoms with E-state index in [-0.39, 0.29) is 0 Å². The lowest BCUT2D eigenvalue weighted by atomic mass is 9.91. The van der Waals surface area contributed by atoms with E-state index >= 15 is 0 Å². The van der Waals surface area contributed by atoms with Crippen LogP contribution in [0.1, 0.15) is 52.7 Å². The van der Waals surface area contributed by atoms with Gasteiger partial charge in [-0.1, -0.05) is 73.0 Å². The molecule has 0 aliphatic rings. The zero-order valence-electron chi connectivity index (χ0n) is 24.2. The summed E-state index contributed by atoms with van der Waals surface area (Å²) in [5.74, 6) is 7.63. The molecule has 0 saturated heterocycles. The van der Waals surface area contributed by atoms with Crippen molar-refractivity contribution in [1.29, 1.82) is 0 Å². The van der Waals surface area contributed by atoms with Gasteiger partial charge in [-0.05, 0) is 85.3 Å². The van der Waals surface area contributed by atoms with Crippen LogP contribution >= 0.6 is 22.7 Å². The zero-order chi connectivity index (χ0) is 27.4. The second-order valence-electron chi connectivity index (χ2n) is 12.6. The molecule has 0 N–H and O–H groups in total. The first-order valence-corrected chi connectivity index (χ1v) is 21.3. The number of benzene rings is 3. The first-order chi connectivity index (χ1) is 17.9. The molecule has 0 nitrogen and oxygen atoms in total. The van der Waals surface area contributed by atoms with Gasteiger partial charge in [0, 0.05) is 31.3 Å². The highest BCUT2D eigenvalue weighted by atomic mass is 32.1. The predicted octanol–water partition coefficient (Wildman–Crippen LogP) is 11.2. The molecule has 0 fully saturated rings. The maximum Gasteiger partial charge on any atom is 0.146 e. The molecule has 0 saturated carbocycles. The van der Waals surface area contributed by atoms with E-state index in [2.05, 4.69) is 131 Å². The summed E-state index contributed by atoms with van der Waals surface area (Å²) in [7, 11) is -3.47. The topological polar surface area (TPSA) is 0 Å². The van der Waals surface area contributed by atoms with Gasteiger partial charge in [0.15, 0.2) is 0 Å². The summed E-state index contributed by atoms with van der Waals surface area (Å²) in [6, 6.07) is 14.0. The highest BCUT2D eigenvalue weighted by Gasteiger charge is 2.41. The number of fused-ring (bicyclic) bond motifs is 4. The minimum absolute atomic E-state index is 0.599. The van der Waals surface area contributed by atoms with E-state index < -0.39 is 16.1 Å². The van der Waals surface area contributed by atoms with E-state index in [0.717, 1.165) is 0 Å². The van der Waals surface area contributed by atoms with Crippen molar-refractivity contribution >= 4 is 80.5 Å². The molecule has 2 aromatic heterocycles. The molecule has 5 rings (SSSR count). The van der Waals surface area contributed by atoms with Gasteiger partial charge in [-0.3, -0.25) is 0 Å². The van der Waals surface area contributed by atoms with E-state index in [1.165, 1.54) is 52.8 Å². The second-order valence-corrected chi connectivity index (χ2v) is 24.8. The van der Waals surface area contributed by atoms with Crippen LogP contribution in [0.3, 0.4) is 0 Å². The third kappa shape index (κ3) is 4.67. The van der Waals surface area contributed by atoms with Crippen LogP contribution in [0.5, 0.6) is 0 Å². The molecular weight excluding hydrogens is 529 g/mol. The van der Waals surface area contributed by atoms with Crippen molar-refractivity contribution in [2.45, 2.75) is 77.8 Å². The van der Waals surface area contributed by atoms with Gasteiger partial charge >= 0.3 is 0 Å². The fraction of sp³-hybridized carbons (Fsp3) is 0.353. The Morgan fingerprint density at radius 1 is 0.579 bits per heavy atom. The van der Waals surface area contributed by atoms with Crippen molar-refractivity contribution in [2.75, 3.05) is 0 Å². The van der Waals surface area contributed by atoms with Crippen LogP contribution < -0.4 is 0 Å². The quantitative estimate of drug-likeness (QED) is 0.116. The molecule has 3 aromatic carbocycles. The Labute approximate surface area is 238 Å². The Kier molecular flexibility index (Phi) is 7.16. The SMILES string of the molecule is CC(C)[Si](C#Cc1c2cc3ccsc3cc2c(C#C[Si](C)(C)C)c2cc3ccsc3cc12)(C(C)C)C(C)C. The maximum absolute atomic E-state index is 4.06. The van der Waals surface area contributed by atoms with E-state index in [1.807, 2.05) is 22.7 Å². The molecule has 5 aromatic rings.